The van der Waals surface area contributed by atoms with Crippen molar-refractivity contribution in [3.8, 4) is 0 Å². The standard InChI is InChI=1S/C16H26N2O2/c1-12(2)6-5-10-20-11-9-16(19)18-15-8-4-7-14(17)13(15)3/h4,7-8,12H,5-6,9-11,17H2,1-3H3,(H,18,19). The Balaban J connectivity index is 2.22. The highest BCUT2D eigenvalue weighted by Crippen LogP contribution is 2.20. The van der Waals surface area contributed by atoms with E-state index >= 15 is 0 Å². The third-order valence-corrected chi connectivity index (χ3v) is 3.19. The summed E-state index contributed by atoms with van der Waals surface area (Å²) in [4.78, 5) is 11.8. The predicted molar refractivity (Wildman–Crippen MR) is 83.7 cm³/mol. The van der Waals surface area contributed by atoms with E-state index in [4.69, 9.17) is 10.5 Å². The molecule has 0 fully saturated rings. The number of hydrogen-bond acceptors (Lipinski definition) is 3. The molecule has 3 N–H and O–H groups in total. The third-order valence-electron chi connectivity index (χ3n) is 3.19. The summed E-state index contributed by atoms with van der Waals surface area (Å²) in [6.07, 6.45) is 2.58. The predicted octanol–water partition coefficient (Wildman–Crippen LogP) is 3.36. The van der Waals surface area contributed by atoms with Crippen LogP contribution < -0.4 is 11.1 Å². The molecule has 4 nitrogen and oxygen atoms in total. The normalized spacial score (nSPS) is 10.8. The molecule has 4 heteroatoms. The van der Waals surface area contributed by atoms with E-state index in [1.165, 1.54) is 0 Å². The lowest BCUT2D eigenvalue weighted by molar-refractivity contribution is -0.117. The lowest BCUT2D eigenvalue weighted by atomic mass is 10.1. The van der Waals surface area contributed by atoms with Crippen molar-refractivity contribution in [2.24, 2.45) is 5.92 Å². The molecule has 0 saturated carbocycles. The Bertz CT molecular complexity index is 430. The van der Waals surface area contributed by atoms with Gasteiger partial charge in [-0.3, -0.25) is 4.79 Å². The van der Waals surface area contributed by atoms with Crippen molar-refractivity contribution < 1.29 is 9.53 Å². The molecule has 0 aliphatic carbocycles. The van der Waals surface area contributed by atoms with Crippen molar-refractivity contribution in [2.45, 2.75) is 40.0 Å². The number of nitrogens with one attached hydrogen (secondary N) is 1. The Morgan fingerprint density at radius 3 is 2.80 bits per heavy atom. The molecule has 0 bridgehead atoms. The SMILES string of the molecule is Cc1c(N)cccc1NC(=O)CCOCCCC(C)C. The maximum Gasteiger partial charge on any atom is 0.226 e. The first kappa shape index (κ1) is 16.5. The molecule has 0 saturated heterocycles. The van der Waals surface area contributed by atoms with Gasteiger partial charge in [-0.25, -0.2) is 0 Å². The van der Waals surface area contributed by atoms with Gasteiger partial charge in [0.15, 0.2) is 0 Å². The second-order valence-corrected chi connectivity index (χ2v) is 5.47. The second-order valence-electron chi connectivity index (χ2n) is 5.47. The number of anilines is 2. The molecule has 0 aliphatic rings. The first-order valence-electron chi connectivity index (χ1n) is 7.23. The molecule has 0 radical (unpaired) electrons. The van der Waals surface area contributed by atoms with Crippen molar-refractivity contribution in [2.75, 3.05) is 24.3 Å². The number of carbonyl (C=O) groups is 1. The molecule has 0 atom stereocenters. The van der Waals surface area contributed by atoms with Crippen molar-refractivity contribution >= 4 is 17.3 Å². The Labute approximate surface area is 121 Å². The molecular weight excluding hydrogens is 252 g/mol. The summed E-state index contributed by atoms with van der Waals surface area (Å²) in [7, 11) is 0. The van der Waals surface area contributed by atoms with Crippen molar-refractivity contribution in [3.63, 3.8) is 0 Å². The molecule has 1 rings (SSSR count). The molecule has 1 aromatic carbocycles. The van der Waals surface area contributed by atoms with Crippen LogP contribution in [0.15, 0.2) is 18.2 Å². The maximum absolute atomic E-state index is 11.8. The molecule has 0 aromatic heterocycles. The van der Waals surface area contributed by atoms with Gasteiger partial charge in [0, 0.05) is 18.0 Å². The lowest BCUT2D eigenvalue weighted by Crippen LogP contribution is -2.15. The zero-order chi connectivity index (χ0) is 15.0. The maximum atomic E-state index is 11.8. The molecule has 112 valence electrons. The van der Waals surface area contributed by atoms with E-state index in [-0.39, 0.29) is 5.91 Å². The Kier molecular flexibility index (Phi) is 7.09. The average molecular weight is 278 g/mol. The van der Waals surface area contributed by atoms with Gasteiger partial charge in [-0.05, 0) is 43.4 Å². The first-order chi connectivity index (χ1) is 9.50. The van der Waals surface area contributed by atoms with Crippen LogP contribution in [0.2, 0.25) is 0 Å². The number of nitrogen functional groups attached to an aromatic ring is 1. The van der Waals surface area contributed by atoms with Gasteiger partial charge in [0.2, 0.25) is 5.91 Å². The van der Waals surface area contributed by atoms with E-state index in [1.54, 1.807) is 0 Å². The molecule has 1 amide bonds. The Morgan fingerprint density at radius 1 is 1.35 bits per heavy atom. The highest BCUT2D eigenvalue weighted by Gasteiger charge is 2.06. The fraction of sp³-hybridized carbons (Fsp3) is 0.562. The Morgan fingerprint density at radius 2 is 2.10 bits per heavy atom. The molecule has 0 aliphatic heterocycles. The van der Waals surface area contributed by atoms with Gasteiger partial charge < -0.3 is 15.8 Å². The number of rotatable bonds is 8. The average Bonchev–Trinajstić information content (AvgIpc) is 2.39. The summed E-state index contributed by atoms with van der Waals surface area (Å²) < 4.78 is 5.46. The van der Waals surface area contributed by atoms with E-state index in [9.17, 15) is 4.79 Å². The molecule has 0 spiro atoms. The quantitative estimate of drug-likeness (QED) is 0.566. The summed E-state index contributed by atoms with van der Waals surface area (Å²) in [6, 6.07) is 5.51. The zero-order valence-electron chi connectivity index (χ0n) is 12.7. The molecule has 0 heterocycles. The lowest BCUT2D eigenvalue weighted by Gasteiger charge is -2.10. The van der Waals surface area contributed by atoms with Crippen LogP contribution in [0.5, 0.6) is 0 Å². The van der Waals surface area contributed by atoms with Gasteiger partial charge in [0.1, 0.15) is 0 Å². The topological polar surface area (TPSA) is 64.3 Å². The fourth-order valence-electron chi connectivity index (χ4n) is 1.86. The molecular formula is C16H26N2O2. The van der Waals surface area contributed by atoms with Crippen LogP contribution in [0.1, 0.15) is 38.7 Å². The van der Waals surface area contributed by atoms with Crippen LogP contribution in [0.4, 0.5) is 11.4 Å². The van der Waals surface area contributed by atoms with Crippen molar-refractivity contribution in [1.82, 2.24) is 0 Å². The van der Waals surface area contributed by atoms with Gasteiger partial charge in [0.25, 0.3) is 0 Å². The summed E-state index contributed by atoms with van der Waals surface area (Å²) in [5, 5.41) is 2.86. The minimum atomic E-state index is -0.0393. The minimum absolute atomic E-state index is 0.0393. The van der Waals surface area contributed by atoms with Crippen LogP contribution in [0.25, 0.3) is 0 Å². The van der Waals surface area contributed by atoms with Crippen molar-refractivity contribution in [3.05, 3.63) is 23.8 Å². The van der Waals surface area contributed by atoms with Crippen LogP contribution >= 0.6 is 0 Å². The minimum Gasteiger partial charge on any atom is -0.398 e. The van der Waals surface area contributed by atoms with Crippen molar-refractivity contribution in [1.29, 1.82) is 0 Å². The van der Waals surface area contributed by atoms with Gasteiger partial charge in [-0.2, -0.15) is 0 Å². The number of ether oxygens (including phenoxy) is 1. The number of amides is 1. The van der Waals surface area contributed by atoms with E-state index in [1.807, 2.05) is 25.1 Å². The second kappa shape index (κ2) is 8.59. The van der Waals surface area contributed by atoms with Crippen LogP contribution in [0.3, 0.4) is 0 Å². The highest BCUT2D eigenvalue weighted by atomic mass is 16.5. The van der Waals surface area contributed by atoms with E-state index in [2.05, 4.69) is 19.2 Å². The van der Waals surface area contributed by atoms with Crippen LogP contribution in [-0.2, 0) is 9.53 Å². The fourth-order valence-corrected chi connectivity index (χ4v) is 1.86. The smallest absolute Gasteiger partial charge is 0.226 e. The van der Waals surface area contributed by atoms with Crippen LogP contribution in [-0.4, -0.2) is 19.1 Å². The van der Waals surface area contributed by atoms with Crippen LogP contribution in [0, 0.1) is 12.8 Å². The Hall–Kier alpha value is -1.55. The zero-order valence-corrected chi connectivity index (χ0v) is 12.7. The van der Waals surface area contributed by atoms with E-state index in [0.29, 0.717) is 24.6 Å². The van der Waals surface area contributed by atoms with E-state index < -0.39 is 0 Å². The number of hydrogen-bond donors (Lipinski definition) is 2. The largest absolute Gasteiger partial charge is 0.398 e. The molecule has 1 aromatic rings. The number of benzene rings is 1. The molecule has 0 unspecified atom stereocenters. The van der Waals surface area contributed by atoms with Gasteiger partial charge in [0.05, 0.1) is 13.0 Å². The summed E-state index contributed by atoms with van der Waals surface area (Å²) in [5.74, 6) is 0.663. The number of nitrogens with two attached hydrogens (primary N) is 1. The monoisotopic (exact) mass is 278 g/mol. The summed E-state index contributed by atoms with van der Waals surface area (Å²) in [6.45, 7) is 7.48. The first-order valence-corrected chi connectivity index (χ1v) is 7.23. The molecule has 20 heavy (non-hydrogen) atoms. The summed E-state index contributed by atoms with van der Waals surface area (Å²) >= 11 is 0. The van der Waals surface area contributed by atoms with E-state index in [0.717, 1.165) is 30.7 Å². The van der Waals surface area contributed by atoms with Gasteiger partial charge >= 0.3 is 0 Å². The number of carbonyl (C=O) groups excluding carboxylic acids is 1. The third kappa shape index (κ3) is 6.06. The van der Waals surface area contributed by atoms with Gasteiger partial charge in [-0.15, -0.1) is 0 Å². The summed E-state index contributed by atoms with van der Waals surface area (Å²) in [5.41, 5.74) is 8.16. The van der Waals surface area contributed by atoms with Gasteiger partial charge in [-0.1, -0.05) is 19.9 Å². The highest BCUT2D eigenvalue weighted by molar-refractivity contribution is 5.92.